The van der Waals surface area contributed by atoms with Crippen LogP contribution >= 0.6 is 11.6 Å². The summed E-state index contributed by atoms with van der Waals surface area (Å²) >= 11 is 5.96. The van der Waals surface area contributed by atoms with E-state index in [1.165, 1.54) is 35.6 Å². The van der Waals surface area contributed by atoms with Crippen molar-refractivity contribution in [3.63, 3.8) is 0 Å². The van der Waals surface area contributed by atoms with Crippen LogP contribution in [-0.4, -0.2) is 94.6 Å². The molecule has 13 heteroatoms. The molecule has 228 valence electrons. The van der Waals surface area contributed by atoms with Crippen molar-refractivity contribution in [2.45, 2.75) is 31.2 Å². The molecule has 2 amide bonds. The number of carbonyl (C=O) groups is 2. The minimum atomic E-state index is -3.71. The number of esters is 1. The first kappa shape index (κ1) is 31.6. The Morgan fingerprint density at radius 1 is 1.02 bits per heavy atom. The van der Waals surface area contributed by atoms with Gasteiger partial charge in [0.05, 0.1) is 37.3 Å². The van der Waals surface area contributed by atoms with Gasteiger partial charge < -0.3 is 19.5 Å². The molecule has 0 aliphatic carbocycles. The van der Waals surface area contributed by atoms with E-state index in [1.54, 1.807) is 37.3 Å². The highest BCUT2D eigenvalue weighted by atomic mass is 35.5. The maximum Gasteiger partial charge on any atom is 0.338 e. The van der Waals surface area contributed by atoms with Gasteiger partial charge in [0.15, 0.2) is 11.5 Å². The Balaban J connectivity index is 1.70. The van der Waals surface area contributed by atoms with Gasteiger partial charge in [-0.05, 0) is 57.1 Å². The molecule has 42 heavy (non-hydrogen) atoms. The number of methoxy groups -OCH3 is 2. The maximum atomic E-state index is 13.5. The number of amides is 2. The molecule has 0 radical (unpaired) electrons. The molecular formula is C29H37ClN4O7S. The SMILES string of the molecule is CCOC(=O)C1=C(CN2CCCN(S(=O)(=O)c3ccc(Cl)cc3)CC2)N(CC)C(=O)NC1c1cccc(OC)c1OC. The van der Waals surface area contributed by atoms with E-state index in [4.69, 9.17) is 25.8 Å². The number of hydrogen-bond acceptors (Lipinski definition) is 8. The van der Waals surface area contributed by atoms with Crippen LogP contribution in [0.2, 0.25) is 5.02 Å². The second kappa shape index (κ2) is 13.8. The summed E-state index contributed by atoms with van der Waals surface area (Å²) in [5, 5.41) is 3.42. The third-order valence-corrected chi connectivity index (χ3v) is 9.53. The number of sulfonamides is 1. The molecule has 2 aliphatic rings. The summed E-state index contributed by atoms with van der Waals surface area (Å²) in [6.07, 6.45) is 0.570. The number of rotatable bonds is 10. The Labute approximate surface area is 252 Å². The molecule has 1 N–H and O–H groups in total. The Bertz CT molecular complexity index is 1430. The number of nitrogens with one attached hydrogen (secondary N) is 1. The quantitative estimate of drug-likeness (QED) is 0.400. The van der Waals surface area contributed by atoms with Crippen molar-refractivity contribution in [2.24, 2.45) is 0 Å². The fourth-order valence-electron chi connectivity index (χ4n) is 5.34. The van der Waals surface area contributed by atoms with Gasteiger partial charge in [0.2, 0.25) is 10.0 Å². The summed E-state index contributed by atoms with van der Waals surface area (Å²) in [7, 11) is -0.695. The summed E-state index contributed by atoms with van der Waals surface area (Å²) in [4.78, 5) is 30.7. The predicted molar refractivity (Wildman–Crippen MR) is 158 cm³/mol. The first-order valence-electron chi connectivity index (χ1n) is 13.8. The number of carbonyl (C=O) groups excluding carboxylic acids is 2. The van der Waals surface area contributed by atoms with Gasteiger partial charge in [-0.1, -0.05) is 23.7 Å². The standard InChI is InChI=1S/C29H37ClN4O7S/c1-5-34-23(19-32-15-8-16-33(18-17-32)42(37,38)21-13-11-20(30)12-14-21)25(28(35)41-6-2)26(31-29(34)36)22-9-7-10-24(39-3)27(22)40-4/h7,9-14,26H,5-6,8,15-19H2,1-4H3,(H,31,36). The van der Waals surface area contributed by atoms with Crippen LogP contribution in [0.1, 0.15) is 31.9 Å². The zero-order chi connectivity index (χ0) is 30.4. The lowest BCUT2D eigenvalue weighted by atomic mass is 9.93. The van der Waals surface area contributed by atoms with E-state index in [9.17, 15) is 18.0 Å². The molecule has 2 aromatic rings. The van der Waals surface area contributed by atoms with Gasteiger partial charge in [0.25, 0.3) is 0 Å². The second-order valence-electron chi connectivity index (χ2n) is 9.78. The van der Waals surface area contributed by atoms with Crippen molar-refractivity contribution in [2.75, 3.05) is 60.1 Å². The Hall–Kier alpha value is -3.32. The largest absolute Gasteiger partial charge is 0.493 e. The summed E-state index contributed by atoms with van der Waals surface area (Å²) < 4.78 is 44.7. The summed E-state index contributed by atoms with van der Waals surface area (Å²) in [6.45, 7) is 5.83. The normalized spacial score (nSPS) is 18.8. The molecular weight excluding hydrogens is 584 g/mol. The van der Waals surface area contributed by atoms with Gasteiger partial charge in [0, 0.05) is 49.0 Å². The van der Waals surface area contributed by atoms with Crippen LogP contribution < -0.4 is 14.8 Å². The lowest BCUT2D eigenvalue weighted by Gasteiger charge is -2.38. The lowest BCUT2D eigenvalue weighted by Crippen LogP contribution is -2.51. The van der Waals surface area contributed by atoms with Crippen LogP contribution in [0, 0.1) is 0 Å². The van der Waals surface area contributed by atoms with E-state index in [-0.39, 0.29) is 30.6 Å². The highest BCUT2D eigenvalue weighted by Gasteiger charge is 2.40. The first-order valence-corrected chi connectivity index (χ1v) is 15.6. The van der Waals surface area contributed by atoms with Crippen molar-refractivity contribution in [1.82, 2.24) is 19.4 Å². The number of ether oxygens (including phenoxy) is 3. The molecule has 1 fully saturated rings. The van der Waals surface area contributed by atoms with Gasteiger partial charge in [-0.25, -0.2) is 18.0 Å². The number of benzene rings is 2. The molecule has 1 unspecified atom stereocenters. The Morgan fingerprint density at radius 3 is 2.40 bits per heavy atom. The minimum Gasteiger partial charge on any atom is -0.493 e. The third kappa shape index (κ3) is 6.51. The van der Waals surface area contributed by atoms with Gasteiger partial charge in [0.1, 0.15) is 0 Å². The monoisotopic (exact) mass is 620 g/mol. The number of halogens is 1. The van der Waals surface area contributed by atoms with Crippen LogP contribution in [0.3, 0.4) is 0 Å². The van der Waals surface area contributed by atoms with Gasteiger partial charge in [-0.15, -0.1) is 0 Å². The van der Waals surface area contributed by atoms with Crippen molar-refractivity contribution >= 4 is 33.6 Å². The van der Waals surface area contributed by atoms with Crippen molar-refractivity contribution in [3.05, 3.63) is 64.3 Å². The Kier molecular flexibility index (Phi) is 10.4. The molecule has 0 saturated carbocycles. The van der Waals surface area contributed by atoms with E-state index >= 15 is 0 Å². The van der Waals surface area contributed by atoms with Crippen molar-refractivity contribution < 1.29 is 32.2 Å². The van der Waals surface area contributed by atoms with Crippen molar-refractivity contribution in [3.8, 4) is 11.5 Å². The van der Waals surface area contributed by atoms with Gasteiger partial charge >= 0.3 is 12.0 Å². The average Bonchev–Trinajstić information content (AvgIpc) is 3.23. The number of urea groups is 1. The fraction of sp³-hybridized carbons (Fsp3) is 0.448. The lowest BCUT2D eigenvalue weighted by molar-refractivity contribution is -0.139. The summed E-state index contributed by atoms with van der Waals surface area (Å²) in [5.41, 5.74) is 1.35. The smallest absolute Gasteiger partial charge is 0.338 e. The summed E-state index contributed by atoms with van der Waals surface area (Å²) in [5.74, 6) is 0.304. The molecule has 0 spiro atoms. The number of para-hydroxylation sites is 1. The molecule has 1 saturated heterocycles. The highest BCUT2D eigenvalue weighted by Crippen LogP contribution is 2.40. The zero-order valence-electron chi connectivity index (χ0n) is 24.3. The summed E-state index contributed by atoms with van der Waals surface area (Å²) in [6, 6.07) is 10.2. The van der Waals surface area contributed by atoms with Gasteiger partial charge in [-0.2, -0.15) is 4.31 Å². The van der Waals surface area contributed by atoms with Crippen molar-refractivity contribution in [1.29, 1.82) is 0 Å². The topological polar surface area (TPSA) is 118 Å². The number of nitrogens with zero attached hydrogens (tertiary/aromatic N) is 3. The molecule has 1 atom stereocenters. The van der Waals surface area contributed by atoms with Crippen LogP contribution in [0.25, 0.3) is 0 Å². The van der Waals surface area contributed by atoms with E-state index in [2.05, 4.69) is 10.2 Å². The zero-order valence-corrected chi connectivity index (χ0v) is 25.8. The molecule has 0 aromatic heterocycles. The van der Waals surface area contributed by atoms with Gasteiger partial charge in [-0.3, -0.25) is 9.80 Å². The number of likely N-dealkylation sites (N-methyl/N-ethyl adjacent to an activating group) is 1. The number of hydrogen-bond donors (Lipinski definition) is 1. The molecule has 11 nitrogen and oxygen atoms in total. The molecule has 2 heterocycles. The van der Waals surface area contributed by atoms with E-state index in [1.807, 2.05) is 6.92 Å². The average molecular weight is 621 g/mol. The minimum absolute atomic E-state index is 0.152. The first-order chi connectivity index (χ1) is 20.2. The van der Waals surface area contributed by atoms with Crippen LogP contribution in [0.5, 0.6) is 11.5 Å². The fourth-order valence-corrected chi connectivity index (χ4v) is 6.94. The van der Waals surface area contributed by atoms with Crippen LogP contribution in [0.15, 0.2) is 58.6 Å². The van der Waals surface area contributed by atoms with E-state index in [0.717, 1.165) is 0 Å². The molecule has 2 aromatic carbocycles. The highest BCUT2D eigenvalue weighted by molar-refractivity contribution is 7.89. The van der Waals surface area contributed by atoms with E-state index < -0.39 is 22.0 Å². The Morgan fingerprint density at radius 2 is 1.76 bits per heavy atom. The molecule has 4 rings (SSSR count). The van der Waals surface area contributed by atoms with Crippen LogP contribution in [0.4, 0.5) is 4.79 Å². The maximum absolute atomic E-state index is 13.5. The second-order valence-corrected chi connectivity index (χ2v) is 12.2. The van der Waals surface area contributed by atoms with E-state index in [0.29, 0.717) is 66.0 Å². The van der Waals surface area contributed by atoms with Crippen LogP contribution in [-0.2, 0) is 19.6 Å². The third-order valence-electron chi connectivity index (χ3n) is 7.37. The molecule has 0 bridgehead atoms. The predicted octanol–water partition coefficient (Wildman–Crippen LogP) is 3.66. The molecule has 2 aliphatic heterocycles.